The Balaban J connectivity index is 1.43. The van der Waals surface area contributed by atoms with E-state index in [1.165, 1.54) is 6.07 Å². The molecule has 25 heavy (non-hydrogen) atoms. The van der Waals surface area contributed by atoms with Gasteiger partial charge in [-0.2, -0.15) is 0 Å². The normalized spacial score (nSPS) is 28.4. The number of hydrogen-bond acceptors (Lipinski definition) is 2. The Morgan fingerprint density at radius 1 is 1.04 bits per heavy atom. The number of para-hydroxylation sites is 1. The first kappa shape index (κ1) is 16.4. The highest BCUT2D eigenvalue weighted by Gasteiger charge is 2.42. The first-order valence-electron chi connectivity index (χ1n) is 9.26. The standard InChI is InChI=1S/C19H24FN3O2/c20-16-6-1-2-7-17(16)22-19(25)23-14-4-3-5-15(23)11-13(10-14)21-18(24)12-8-9-12/h1-2,6-7,12-15H,3-5,8-11H2,(H,21,24)(H,22,25)/t13?,14-,15+. The van der Waals surface area contributed by atoms with Gasteiger partial charge in [0.15, 0.2) is 0 Å². The lowest BCUT2D eigenvalue weighted by Crippen LogP contribution is -2.59. The van der Waals surface area contributed by atoms with E-state index in [1.807, 2.05) is 4.90 Å². The number of halogens is 1. The predicted octanol–water partition coefficient (Wildman–Crippen LogP) is 3.27. The van der Waals surface area contributed by atoms with Crippen LogP contribution in [0.4, 0.5) is 14.9 Å². The van der Waals surface area contributed by atoms with Crippen LogP contribution in [0.25, 0.3) is 0 Å². The second kappa shape index (κ2) is 6.65. The third-order valence-electron chi connectivity index (χ3n) is 5.62. The maximum absolute atomic E-state index is 13.8. The van der Waals surface area contributed by atoms with Crippen LogP contribution in [0.5, 0.6) is 0 Å². The van der Waals surface area contributed by atoms with E-state index in [4.69, 9.17) is 0 Å². The van der Waals surface area contributed by atoms with Crippen LogP contribution in [0.3, 0.4) is 0 Å². The Morgan fingerprint density at radius 2 is 1.72 bits per heavy atom. The number of nitrogens with one attached hydrogen (secondary N) is 2. The van der Waals surface area contributed by atoms with Gasteiger partial charge in [-0.3, -0.25) is 4.79 Å². The SMILES string of the molecule is O=C(NC1C[C@H]2CCC[C@@H](C1)N2C(=O)Nc1ccccc1F)C1CC1. The highest BCUT2D eigenvalue weighted by molar-refractivity contribution is 5.90. The van der Waals surface area contributed by atoms with Crippen molar-refractivity contribution in [1.29, 1.82) is 0 Å². The lowest BCUT2D eigenvalue weighted by Gasteiger charge is -2.48. The van der Waals surface area contributed by atoms with E-state index in [-0.39, 0.29) is 41.7 Å². The quantitative estimate of drug-likeness (QED) is 0.883. The number of amides is 3. The molecule has 3 atom stereocenters. The molecule has 1 aliphatic carbocycles. The number of carbonyl (C=O) groups is 2. The molecule has 2 aliphatic heterocycles. The van der Waals surface area contributed by atoms with Crippen molar-refractivity contribution < 1.29 is 14.0 Å². The maximum atomic E-state index is 13.8. The van der Waals surface area contributed by atoms with Crippen LogP contribution in [0.2, 0.25) is 0 Å². The number of hydrogen-bond donors (Lipinski definition) is 2. The first-order chi connectivity index (χ1) is 12.1. The van der Waals surface area contributed by atoms with Crippen molar-refractivity contribution in [1.82, 2.24) is 10.2 Å². The van der Waals surface area contributed by atoms with Crippen molar-refractivity contribution in [2.24, 2.45) is 5.92 Å². The number of nitrogens with zero attached hydrogens (tertiary/aromatic N) is 1. The zero-order valence-electron chi connectivity index (χ0n) is 14.2. The van der Waals surface area contributed by atoms with Crippen LogP contribution in [-0.4, -0.2) is 35.0 Å². The largest absolute Gasteiger partial charge is 0.353 e. The highest BCUT2D eigenvalue weighted by atomic mass is 19.1. The molecule has 3 fully saturated rings. The Hall–Kier alpha value is -2.11. The zero-order chi connectivity index (χ0) is 17.4. The summed E-state index contributed by atoms with van der Waals surface area (Å²) in [5, 5.41) is 5.89. The molecule has 2 saturated heterocycles. The van der Waals surface area contributed by atoms with Crippen LogP contribution in [-0.2, 0) is 4.79 Å². The molecule has 1 saturated carbocycles. The van der Waals surface area contributed by atoms with Crippen molar-refractivity contribution in [2.75, 3.05) is 5.32 Å². The van der Waals surface area contributed by atoms with Gasteiger partial charge in [0, 0.05) is 24.0 Å². The van der Waals surface area contributed by atoms with Gasteiger partial charge in [0.2, 0.25) is 5.91 Å². The van der Waals surface area contributed by atoms with Crippen molar-refractivity contribution in [3.05, 3.63) is 30.1 Å². The lowest BCUT2D eigenvalue weighted by molar-refractivity contribution is -0.123. The topological polar surface area (TPSA) is 61.4 Å². The van der Waals surface area contributed by atoms with E-state index in [9.17, 15) is 14.0 Å². The number of rotatable bonds is 3. The van der Waals surface area contributed by atoms with Crippen molar-refractivity contribution >= 4 is 17.6 Å². The number of carbonyl (C=O) groups excluding carboxylic acids is 2. The van der Waals surface area contributed by atoms with Gasteiger partial charge in [-0.15, -0.1) is 0 Å². The molecule has 6 heteroatoms. The third-order valence-corrected chi connectivity index (χ3v) is 5.62. The molecule has 2 bridgehead atoms. The number of fused-ring (bicyclic) bond motifs is 2. The molecule has 2 heterocycles. The molecular formula is C19H24FN3O2. The molecule has 3 amide bonds. The van der Waals surface area contributed by atoms with Gasteiger partial charge in [0.25, 0.3) is 0 Å². The van der Waals surface area contributed by atoms with Gasteiger partial charge in [-0.25, -0.2) is 9.18 Å². The fraction of sp³-hybridized carbons (Fsp3) is 0.579. The molecule has 0 spiro atoms. The summed E-state index contributed by atoms with van der Waals surface area (Å²) in [5.41, 5.74) is 0.217. The van der Waals surface area contributed by atoms with Crippen LogP contribution < -0.4 is 10.6 Å². The molecule has 134 valence electrons. The van der Waals surface area contributed by atoms with Crippen molar-refractivity contribution in [3.8, 4) is 0 Å². The van der Waals surface area contributed by atoms with E-state index in [2.05, 4.69) is 10.6 Å². The summed E-state index contributed by atoms with van der Waals surface area (Å²) in [6.07, 6.45) is 6.57. The summed E-state index contributed by atoms with van der Waals surface area (Å²) in [5.74, 6) is -0.0397. The lowest BCUT2D eigenvalue weighted by atomic mass is 9.82. The van der Waals surface area contributed by atoms with Crippen molar-refractivity contribution in [2.45, 2.75) is 63.1 Å². The highest BCUT2D eigenvalue weighted by Crippen LogP contribution is 2.36. The van der Waals surface area contributed by atoms with Gasteiger partial charge in [0.1, 0.15) is 5.82 Å². The zero-order valence-corrected chi connectivity index (χ0v) is 14.2. The smallest absolute Gasteiger partial charge is 0.322 e. The minimum atomic E-state index is -0.424. The van der Waals surface area contributed by atoms with Crippen LogP contribution in [0, 0.1) is 11.7 Å². The Labute approximate surface area is 147 Å². The minimum absolute atomic E-state index is 0.115. The molecule has 1 aromatic carbocycles. The molecular weight excluding hydrogens is 321 g/mol. The van der Waals surface area contributed by atoms with E-state index in [0.29, 0.717) is 0 Å². The summed E-state index contributed by atoms with van der Waals surface area (Å²) < 4.78 is 13.8. The summed E-state index contributed by atoms with van der Waals surface area (Å²) in [7, 11) is 0. The van der Waals surface area contributed by atoms with Gasteiger partial charge in [0.05, 0.1) is 5.69 Å². The maximum Gasteiger partial charge on any atom is 0.322 e. The van der Waals surface area contributed by atoms with E-state index < -0.39 is 5.82 Å². The average molecular weight is 345 g/mol. The number of anilines is 1. The molecule has 3 aliphatic rings. The van der Waals surface area contributed by atoms with Crippen LogP contribution in [0.1, 0.15) is 44.9 Å². The van der Waals surface area contributed by atoms with Gasteiger partial charge in [-0.05, 0) is 57.1 Å². The fourth-order valence-electron chi connectivity index (χ4n) is 4.24. The minimum Gasteiger partial charge on any atom is -0.353 e. The summed E-state index contributed by atoms with van der Waals surface area (Å²) in [4.78, 5) is 26.7. The summed E-state index contributed by atoms with van der Waals surface area (Å²) in [6, 6.07) is 6.38. The van der Waals surface area contributed by atoms with Gasteiger partial charge >= 0.3 is 6.03 Å². The second-order valence-corrected chi connectivity index (χ2v) is 7.51. The summed E-state index contributed by atoms with van der Waals surface area (Å²) >= 11 is 0. The van der Waals surface area contributed by atoms with Crippen molar-refractivity contribution in [3.63, 3.8) is 0 Å². The van der Waals surface area contributed by atoms with Crippen LogP contribution in [0.15, 0.2) is 24.3 Å². The van der Waals surface area contributed by atoms with Gasteiger partial charge < -0.3 is 15.5 Å². The number of urea groups is 1. The molecule has 5 nitrogen and oxygen atoms in total. The molecule has 4 rings (SSSR count). The van der Waals surface area contributed by atoms with Gasteiger partial charge in [-0.1, -0.05) is 12.1 Å². The van der Waals surface area contributed by atoms with E-state index in [0.717, 1.165) is 44.9 Å². The molecule has 0 radical (unpaired) electrons. The van der Waals surface area contributed by atoms with E-state index in [1.54, 1.807) is 18.2 Å². The monoisotopic (exact) mass is 345 g/mol. The van der Waals surface area contributed by atoms with E-state index >= 15 is 0 Å². The predicted molar refractivity (Wildman–Crippen MR) is 92.6 cm³/mol. The Morgan fingerprint density at radius 3 is 2.36 bits per heavy atom. The Kier molecular flexibility index (Phi) is 4.36. The average Bonchev–Trinajstić information content (AvgIpc) is 3.41. The summed E-state index contributed by atoms with van der Waals surface area (Å²) in [6.45, 7) is 0. The Bertz CT molecular complexity index is 662. The van der Waals surface area contributed by atoms with Crippen LogP contribution >= 0.6 is 0 Å². The molecule has 1 unspecified atom stereocenters. The number of benzene rings is 1. The number of piperidine rings is 2. The first-order valence-corrected chi connectivity index (χ1v) is 9.26. The fourth-order valence-corrected chi connectivity index (χ4v) is 4.24. The molecule has 2 N–H and O–H groups in total. The molecule has 0 aromatic heterocycles. The second-order valence-electron chi connectivity index (χ2n) is 7.51. The molecule has 1 aromatic rings. The third kappa shape index (κ3) is 3.48.